The molecular weight excluding hydrogens is 348 g/mol. The first-order chi connectivity index (χ1) is 12.5. The normalized spacial score (nSPS) is 19.4. The SMILES string of the molecule is N#Cc1c(N)nc(S)c(C#N)c1-c1ccc(O[C@H]2CCCC[C@@H]2O)cc1. The first-order valence-corrected chi connectivity index (χ1v) is 8.77. The van der Waals surface area contributed by atoms with Crippen LogP contribution in [0.2, 0.25) is 0 Å². The van der Waals surface area contributed by atoms with Crippen LogP contribution in [0.5, 0.6) is 5.75 Å². The number of rotatable bonds is 3. The first kappa shape index (κ1) is 18.1. The number of nitrogens with two attached hydrogens (primary N) is 1. The molecule has 3 rings (SSSR count). The number of hydrogen-bond acceptors (Lipinski definition) is 7. The van der Waals surface area contributed by atoms with Crippen molar-refractivity contribution in [1.82, 2.24) is 4.98 Å². The van der Waals surface area contributed by atoms with Gasteiger partial charge in [-0.2, -0.15) is 10.5 Å². The lowest BCUT2D eigenvalue weighted by Gasteiger charge is -2.28. The van der Waals surface area contributed by atoms with Gasteiger partial charge in [-0.1, -0.05) is 18.6 Å². The molecular formula is C19H18N4O2S. The van der Waals surface area contributed by atoms with E-state index in [0.717, 1.165) is 25.7 Å². The van der Waals surface area contributed by atoms with Crippen molar-refractivity contribution >= 4 is 18.4 Å². The zero-order valence-electron chi connectivity index (χ0n) is 14.0. The molecule has 0 saturated heterocycles. The van der Waals surface area contributed by atoms with Gasteiger partial charge in [0.05, 0.1) is 11.7 Å². The van der Waals surface area contributed by atoms with E-state index in [1.807, 2.05) is 12.1 Å². The Labute approximate surface area is 157 Å². The van der Waals surface area contributed by atoms with Crippen molar-refractivity contribution in [3.8, 4) is 29.0 Å². The molecule has 1 saturated carbocycles. The number of hydrogen-bond donors (Lipinski definition) is 3. The summed E-state index contributed by atoms with van der Waals surface area (Å²) in [6.07, 6.45) is 2.97. The summed E-state index contributed by atoms with van der Waals surface area (Å²) in [7, 11) is 0. The molecule has 7 heteroatoms. The summed E-state index contributed by atoms with van der Waals surface area (Å²) in [6, 6.07) is 11.1. The third-order valence-corrected chi connectivity index (χ3v) is 4.85. The summed E-state index contributed by atoms with van der Waals surface area (Å²) >= 11 is 4.20. The number of aliphatic hydroxyl groups excluding tert-OH is 1. The van der Waals surface area contributed by atoms with Gasteiger partial charge in [-0.05, 0) is 37.0 Å². The standard InChI is InChI=1S/C19H18N4O2S/c20-9-13-17(14(10-21)19(26)23-18(13)22)11-5-7-12(8-6-11)25-16-4-2-1-3-15(16)24/h5-8,15-16,24H,1-4H2,(H3,22,23,26)/t15-,16-/m0/s1. The van der Waals surface area contributed by atoms with Crippen molar-refractivity contribution in [2.45, 2.75) is 42.9 Å². The molecule has 0 radical (unpaired) electrons. The highest BCUT2D eigenvalue weighted by Gasteiger charge is 2.25. The van der Waals surface area contributed by atoms with Gasteiger partial charge in [0.1, 0.15) is 40.4 Å². The maximum absolute atomic E-state index is 10.0. The highest BCUT2D eigenvalue weighted by molar-refractivity contribution is 7.80. The summed E-state index contributed by atoms with van der Waals surface area (Å²) in [5.74, 6) is 0.669. The van der Waals surface area contributed by atoms with Crippen molar-refractivity contribution in [2.75, 3.05) is 5.73 Å². The molecule has 132 valence electrons. The van der Waals surface area contributed by atoms with Gasteiger partial charge in [0.15, 0.2) is 0 Å². The molecule has 3 N–H and O–H groups in total. The minimum atomic E-state index is -0.453. The van der Waals surface area contributed by atoms with E-state index < -0.39 is 6.10 Å². The molecule has 1 heterocycles. The molecule has 0 amide bonds. The number of nitrogen functional groups attached to an aromatic ring is 1. The summed E-state index contributed by atoms with van der Waals surface area (Å²) in [5.41, 5.74) is 7.24. The molecule has 6 nitrogen and oxygen atoms in total. The molecule has 26 heavy (non-hydrogen) atoms. The molecule has 0 aliphatic heterocycles. The van der Waals surface area contributed by atoms with Crippen LogP contribution in [0, 0.1) is 22.7 Å². The predicted octanol–water partition coefficient (Wildman–Crippen LogP) is 3.05. The van der Waals surface area contributed by atoms with Crippen LogP contribution in [0.1, 0.15) is 36.8 Å². The quantitative estimate of drug-likeness (QED) is 0.719. The van der Waals surface area contributed by atoms with Crippen molar-refractivity contribution in [1.29, 1.82) is 10.5 Å². The average Bonchev–Trinajstić information content (AvgIpc) is 2.64. The maximum atomic E-state index is 10.0. The van der Waals surface area contributed by atoms with Gasteiger partial charge in [0.2, 0.25) is 0 Å². The molecule has 0 unspecified atom stereocenters. The number of nitriles is 2. The first-order valence-electron chi connectivity index (χ1n) is 8.33. The Morgan fingerprint density at radius 1 is 1.12 bits per heavy atom. The van der Waals surface area contributed by atoms with Crippen LogP contribution in [-0.4, -0.2) is 22.3 Å². The van der Waals surface area contributed by atoms with Crippen LogP contribution in [0.4, 0.5) is 5.82 Å². The van der Waals surface area contributed by atoms with Gasteiger partial charge < -0.3 is 15.6 Å². The highest BCUT2D eigenvalue weighted by Crippen LogP contribution is 2.34. The average molecular weight is 366 g/mol. The topological polar surface area (TPSA) is 116 Å². The fraction of sp³-hybridized carbons (Fsp3) is 0.316. The fourth-order valence-electron chi connectivity index (χ4n) is 3.19. The third kappa shape index (κ3) is 3.45. The zero-order valence-corrected chi connectivity index (χ0v) is 14.9. The summed E-state index contributed by atoms with van der Waals surface area (Å²) < 4.78 is 5.89. The monoisotopic (exact) mass is 366 g/mol. The number of thiol groups is 1. The van der Waals surface area contributed by atoms with E-state index in [1.54, 1.807) is 24.3 Å². The predicted molar refractivity (Wildman–Crippen MR) is 99.7 cm³/mol. The molecule has 1 fully saturated rings. The Bertz CT molecular complexity index is 861. The molecule has 1 aliphatic rings. The Hall–Kier alpha value is -2.74. The fourth-order valence-corrected chi connectivity index (χ4v) is 3.46. The van der Waals surface area contributed by atoms with E-state index in [9.17, 15) is 15.6 Å². The van der Waals surface area contributed by atoms with E-state index >= 15 is 0 Å². The Morgan fingerprint density at radius 3 is 2.38 bits per heavy atom. The smallest absolute Gasteiger partial charge is 0.143 e. The number of aromatic nitrogens is 1. The van der Waals surface area contributed by atoms with Gasteiger partial charge in [0.25, 0.3) is 0 Å². The lowest BCUT2D eigenvalue weighted by Crippen LogP contribution is -2.34. The maximum Gasteiger partial charge on any atom is 0.143 e. The lowest BCUT2D eigenvalue weighted by atomic mass is 9.94. The minimum absolute atomic E-state index is 0.0390. The number of pyridine rings is 1. The van der Waals surface area contributed by atoms with E-state index in [4.69, 9.17) is 10.5 Å². The number of ether oxygens (including phenoxy) is 1. The Kier molecular flexibility index (Phi) is 5.32. The second-order valence-corrected chi connectivity index (χ2v) is 6.63. The van der Waals surface area contributed by atoms with Crippen molar-refractivity contribution < 1.29 is 9.84 Å². The number of anilines is 1. The summed E-state index contributed by atoms with van der Waals surface area (Å²) in [6.45, 7) is 0. The molecule has 2 atom stereocenters. The number of benzene rings is 1. The van der Waals surface area contributed by atoms with Crippen LogP contribution in [0.3, 0.4) is 0 Å². The van der Waals surface area contributed by atoms with E-state index in [0.29, 0.717) is 16.9 Å². The summed E-state index contributed by atoms with van der Waals surface area (Å²) in [4.78, 5) is 3.95. The van der Waals surface area contributed by atoms with Crippen molar-refractivity contribution in [3.05, 3.63) is 35.4 Å². The number of aliphatic hydroxyl groups is 1. The second-order valence-electron chi connectivity index (χ2n) is 6.20. The Balaban J connectivity index is 1.94. The molecule has 2 aromatic rings. The molecule has 0 bridgehead atoms. The number of nitrogens with zero attached hydrogens (tertiary/aromatic N) is 3. The van der Waals surface area contributed by atoms with Crippen LogP contribution < -0.4 is 10.5 Å². The Morgan fingerprint density at radius 2 is 1.77 bits per heavy atom. The van der Waals surface area contributed by atoms with Crippen LogP contribution in [0.15, 0.2) is 29.3 Å². The zero-order chi connectivity index (χ0) is 18.7. The second kappa shape index (κ2) is 7.65. The third-order valence-electron chi connectivity index (χ3n) is 4.53. The van der Waals surface area contributed by atoms with Crippen molar-refractivity contribution in [2.24, 2.45) is 0 Å². The highest BCUT2D eigenvalue weighted by atomic mass is 32.1. The molecule has 0 spiro atoms. The van der Waals surface area contributed by atoms with Gasteiger partial charge in [-0.15, -0.1) is 12.6 Å². The molecule has 1 aromatic heterocycles. The van der Waals surface area contributed by atoms with E-state index in [-0.39, 0.29) is 28.1 Å². The lowest BCUT2D eigenvalue weighted by molar-refractivity contribution is 0.00688. The van der Waals surface area contributed by atoms with Gasteiger partial charge >= 0.3 is 0 Å². The molecule has 1 aromatic carbocycles. The van der Waals surface area contributed by atoms with E-state index in [1.165, 1.54) is 0 Å². The van der Waals surface area contributed by atoms with Crippen LogP contribution in [-0.2, 0) is 0 Å². The summed E-state index contributed by atoms with van der Waals surface area (Å²) in [5, 5.41) is 29.1. The van der Waals surface area contributed by atoms with Crippen LogP contribution in [0.25, 0.3) is 11.1 Å². The van der Waals surface area contributed by atoms with Gasteiger partial charge in [0, 0.05) is 5.56 Å². The largest absolute Gasteiger partial charge is 0.488 e. The molecule has 1 aliphatic carbocycles. The minimum Gasteiger partial charge on any atom is -0.488 e. The van der Waals surface area contributed by atoms with Gasteiger partial charge in [-0.3, -0.25) is 0 Å². The van der Waals surface area contributed by atoms with Crippen molar-refractivity contribution in [3.63, 3.8) is 0 Å². The van der Waals surface area contributed by atoms with E-state index in [2.05, 4.69) is 17.6 Å². The van der Waals surface area contributed by atoms with Crippen LogP contribution >= 0.6 is 12.6 Å². The van der Waals surface area contributed by atoms with Gasteiger partial charge in [-0.25, -0.2) is 4.98 Å².